The molecule has 0 saturated carbocycles. The quantitative estimate of drug-likeness (QED) is 0.402. The predicted octanol–water partition coefficient (Wildman–Crippen LogP) is 3.97. The molecule has 5 rings (SSSR count). The van der Waals surface area contributed by atoms with E-state index in [1.54, 1.807) is 24.3 Å². The number of aliphatic hydroxyl groups is 2. The summed E-state index contributed by atoms with van der Waals surface area (Å²) >= 11 is 0. The molecule has 0 unspecified atom stereocenters. The van der Waals surface area contributed by atoms with Gasteiger partial charge in [0, 0.05) is 5.39 Å². The fraction of sp³-hybridized carbons (Fsp3) is 0.0833. The second-order valence-corrected chi connectivity index (χ2v) is 6.63. The topological polar surface area (TPSA) is 83.8 Å². The summed E-state index contributed by atoms with van der Waals surface area (Å²) in [5.41, 5.74) is 2.66. The van der Waals surface area contributed by atoms with Crippen molar-refractivity contribution in [3.63, 3.8) is 0 Å². The highest BCUT2D eigenvalue weighted by Crippen LogP contribution is 2.28. The molecule has 1 aliphatic heterocycles. The van der Waals surface area contributed by atoms with E-state index in [0.29, 0.717) is 16.5 Å². The van der Waals surface area contributed by atoms with Crippen LogP contribution >= 0.6 is 0 Å². The molecule has 1 heterocycles. The van der Waals surface area contributed by atoms with Crippen molar-refractivity contribution in [2.75, 3.05) is 0 Å². The number of benzene rings is 4. The lowest BCUT2D eigenvalue weighted by Gasteiger charge is -2.14. The number of rotatable bonds is 2. The summed E-state index contributed by atoms with van der Waals surface area (Å²) in [4.78, 5) is 22.9. The van der Waals surface area contributed by atoms with Crippen molar-refractivity contribution in [3.05, 3.63) is 95.1 Å². The van der Waals surface area contributed by atoms with E-state index in [4.69, 9.17) is 0 Å². The van der Waals surface area contributed by atoms with Crippen molar-refractivity contribution in [3.8, 4) is 0 Å². The van der Waals surface area contributed by atoms with Gasteiger partial charge >= 0.3 is 11.9 Å². The van der Waals surface area contributed by atoms with Gasteiger partial charge in [-0.2, -0.15) is 0 Å². The summed E-state index contributed by atoms with van der Waals surface area (Å²) in [6.07, 6.45) is 0. The van der Waals surface area contributed by atoms with E-state index in [0.717, 1.165) is 27.3 Å². The third-order valence-electron chi connectivity index (χ3n) is 4.95. The average Bonchev–Trinajstić information content (AvgIpc) is 2.77. The fourth-order valence-electron chi connectivity index (χ4n) is 3.64. The van der Waals surface area contributed by atoms with Crippen LogP contribution in [0.3, 0.4) is 0 Å². The second-order valence-electron chi connectivity index (χ2n) is 6.63. The van der Waals surface area contributed by atoms with Crippen LogP contribution in [0.15, 0.2) is 72.8 Å². The van der Waals surface area contributed by atoms with Gasteiger partial charge in [-0.3, -0.25) is 0 Å². The zero-order valence-electron chi connectivity index (χ0n) is 15.5. The van der Waals surface area contributed by atoms with E-state index in [-0.39, 0.29) is 13.2 Å². The van der Waals surface area contributed by atoms with Gasteiger partial charge in [0.25, 0.3) is 0 Å². The van der Waals surface area contributed by atoms with E-state index in [1.165, 1.54) is 0 Å². The molecule has 0 radical (unpaired) electrons. The Morgan fingerprint density at radius 3 is 1.45 bits per heavy atom. The molecule has 0 aromatic heterocycles. The minimum absolute atomic E-state index is 0.00829. The van der Waals surface area contributed by atoms with Gasteiger partial charge in [0.2, 0.25) is 0 Å². The van der Waals surface area contributed by atoms with Gasteiger partial charge < -0.3 is 14.9 Å². The number of carbonyl (C=O) groups is 2. The minimum Gasteiger partial charge on any atom is -0.392 e. The van der Waals surface area contributed by atoms with E-state index in [1.807, 2.05) is 48.5 Å². The fourth-order valence-corrected chi connectivity index (χ4v) is 3.64. The van der Waals surface area contributed by atoms with E-state index in [2.05, 4.69) is 4.74 Å². The molecule has 0 aliphatic carbocycles. The molecule has 1 aliphatic rings. The van der Waals surface area contributed by atoms with Crippen molar-refractivity contribution < 1.29 is 24.5 Å². The second kappa shape index (κ2) is 7.83. The summed E-state index contributed by atoms with van der Waals surface area (Å²) in [6, 6.07) is 22.2. The van der Waals surface area contributed by atoms with E-state index >= 15 is 0 Å². The summed E-state index contributed by atoms with van der Waals surface area (Å²) in [6.45, 7) is 0.0166. The largest absolute Gasteiger partial charge is 0.392 e. The molecule has 4 aromatic rings. The van der Waals surface area contributed by atoms with Crippen molar-refractivity contribution in [1.82, 2.24) is 0 Å². The number of cyclic esters (lactones) is 2. The first-order chi connectivity index (χ1) is 14.1. The maximum atomic E-state index is 11.4. The Labute approximate surface area is 166 Å². The maximum absolute atomic E-state index is 11.4. The van der Waals surface area contributed by atoms with Crippen LogP contribution in [0, 0.1) is 0 Å². The predicted molar refractivity (Wildman–Crippen MR) is 109 cm³/mol. The lowest BCUT2D eigenvalue weighted by Crippen LogP contribution is -2.19. The number of fused-ring (bicyclic) bond motifs is 1. The molecule has 5 nitrogen and oxygen atoms in total. The van der Waals surface area contributed by atoms with Crippen molar-refractivity contribution >= 4 is 33.5 Å². The van der Waals surface area contributed by atoms with Gasteiger partial charge in [-0.15, -0.1) is 0 Å². The van der Waals surface area contributed by atoms with Gasteiger partial charge in [-0.05, 0) is 39.4 Å². The highest BCUT2D eigenvalue weighted by Gasteiger charge is 2.26. The molecule has 4 aromatic carbocycles. The lowest BCUT2D eigenvalue weighted by atomic mass is 9.97. The number of aliphatic hydroxyl groups excluding tert-OH is 2. The molecule has 144 valence electrons. The van der Waals surface area contributed by atoms with Gasteiger partial charge in [0.15, 0.2) is 0 Å². The number of ether oxygens (including phenoxy) is 1. The lowest BCUT2D eigenvalue weighted by molar-refractivity contribution is 0.0391. The van der Waals surface area contributed by atoms with E-state index < -0.39 is 11.9 Å². The Hall–Kier alpha value is -3.54. The molecule has 0 fully saturated rings. The third kappa shape index (κ3) is 3.38. The first kappa shape index (κ1) is 18.8. The summed E-state index contributed by atoms with van der Waals surface area (Å²) in [5.74, 6) is -1.13. The van der Waals surface area contributed by atoms with Crippen molar-refractivity contribution in [2.45, 2.75) is 13.2 Å². The molecule has 0 spiro atoms. The molecule has 0 amide bonds. The SMILES string of the molecule is O=C1OC(=O)c2cccc3cccc1c23.OCc1cccc2cccc(CO)c12. The van der Waals surface area contributed by atoms with Crippen LogP contribution in [0.4, 0.5) is 0 Å². The van der Waals surface area contributed by atoms with Crippen LogP contribution in [0.25, 0.3) is 21.5 Å². The molecule has 0 saturated heterocycles. The number of carbonyl (C=O) groups excluding carboxylic acids is 2. The molecule has 0 atom stereocenters. The van der Waals surface area contributed by atoms with Crippen molar-refractivity contribution in [1.29, 1.82) is 0 Å². The average molecular weight is 386 g/mol. The summed E-state index contributed by atoms with van der Waals surface area (Å²) in [5, 5.41) is 22.0. The molecule has 2 N–H and O–H groups in total. The van der Waals surface area contributed by atoms with E-state index in [9.17, 15) is 19.8 Å². The Bertz CT molecular complexity index is 1160. The van der Waals surface area contributed by atoms with Crippen molar-refractivity contribution in [2.24, 2.45) is 0 Å². The standard InChI is InChI=1S/C12H6O3.C12H12O2/c13-11-8-5-1-3-7-4-2-6-9(10(7)8)12(14)15-11;13-7-10-5-1-3-9-4-2-6-11(8-14)12(9)10/h1-6H;1-6,13-14H,7-8H2. The normalized spacial score (nSPS) is 12.5. The molecular weight excluding hydrogens is 368 g/mol. The summed E-state index contributed by atoms with van der Waals surface area (Å²) < 4.78 is 4.63. The third-order valence-corrected chi connectivity index (χ3v) is 4.95. The van der Waals surface area contributed by atoms with Gasteiger partial charge in [-0.1, -0.05) is 60.7 Å². The highest BCUT2D eigenvalue weighted by molar-refractivity contribution is 6.20. The monoisotopic (exact) mass is 386 g/mol. The molecule has 0 bridgehead atoms. The van der Waals surface area contributed by atoms with Crippen LogP contribution in [0.2, 0.25) is 0 Å². The number of hydrogen-bond acceptors (Lipinski definition) is 5. The zero-order chi connectivity index (χ0) is 20.4. The zero-order valence-corrected chi connectivity index (χ0v) is 15.5. The Morgan fingerprint density at radius 2 is 1.00 bits per heavy atom. The molecule has 5 heteroatoms. The van der Waals surface area contributed by atoms with Crippen LogP contribution in [0.5, 0.6) is 0 Å². The van der Waals surface area contributed by atoms with Crippen LogP contribution < -0.4 is 0 Å². The minimum atomic E-state index is -0.565. The smallest absolute Gasteiger partial charge is 0.346 e. The number of esters is 2. The van der Waals surface area contributed by atoms with Gasteiger partial charge in [-0.25, -0.2) is 9.59 Å². The van der Waals surface area contributed by atoms with Crippen LogP contribution in [-0.2, 0) is 18.0 Å². The number of hydrogen-bond donors (Lipinski definition) is 2. The Kier molecular flexibility index (Phi) is 5.08. The first-order valence-electron chi connectivity index (χ1n) is 9.13. The van der Waals surface area contributed by atoms with Gasteiger partial charge in [0.1, 0.15) is 0 Å². The van der Waals surface area contributed by atoms with Crippen LogP contribution in [-0.4, -0.2) is 22.2 Å². The van der Waals surface area contributed by atoms with Crippen LogP contribution in [0.1, 0.15) is 31.8 Å². The molecular formula is C24H18O5. The highest BCUT2D eigenvalue weighted by atomic mass is 16.6. The molecule has 29 heavy (non-hydrogen) atoms. The Morgan fingerprint density at radius 1 is 0.586 bits per heavy atom. The first-order valence-corrected chi connectivity index (χ1v) is 9.13. The Balaban J connectivity index is 0.000000142. The summed E-state index contributed by atoms with van der Waals surface area (Å²) in [7, 11) is 0. The van der Waals surface area contributed by atoms with Gasteiger partial charge in [0.05, 0.1) is 24.3 Å². The maximum Gasteiger partial charge on any atom is 0.346 e.